The molecule has 0 atom stereocenters. The number of hydrogen-bond donors (Lipinski definition) is 1. The van der Waals surface area contributed by atoms with Gasteiger partial charge in [0.05, 0.1) is 0 Å². The van der Waals surface area contributed by atoms with Crippen molar-refractivity contribution in [1.29, 1.82) is 0 Å². The van der Waals surface area contributed by atoms with Gasteiger partial charge in [-0.05, 0) is 36.2 Å². The first kappa shape index (κ1) is 11.3. The number of carbonyl (C=O) groups excluding carboxylic acids is 1. The molecule has 2 nitrogen and oxygen atoms in total. The fraction of sp³-hybridized carbons (Fsp3) is 0.0714. The van der Waals surface area contributed by atoms with Gasteiger partial charge >= 0.3 is 0 Å². The standard InChI is InChI=1S/C14H12FNO/c1-9-2-7-12(13(15)8-9)10-3-5-11(6-4-10)14(16)17/h2-8H,1H3,(H2,16,17). The fourth-order valence-electron chi connectivity index (χ4n) is 1.67. The van der Waals surface area contributed by atoms with E-state index in [1.807, 2.05) is 13.0 Å². The van der Waals surface area contributed by atoms with Crippen molar-refractivity contribution in [2.75, 3.05) is 0 Å². The highest BCUT2D eigenvalue weighted by Gasteiger charge is 2.06. The second-order valence-corrected chi connectivity index (χ2v) is 3.92. The topological polar surface area (TPSA) is 43.1 Å². The lowest BCUT2D eigenvalue weighted by molar-refractivity contribution is 0.100. The third-order valence-corrected chi connectivity index (χ3v) is 2.61. The molecule has 86 valence electrons. The third-order valence-electron chi connectivity index (χ3n) is 2.61. The van der Waals surface area contributed by atoms with E-state index in [-0.39, 0.29) is 5.82 Å². The Morgan fingerprint density at radius 2 is 1.76 bits per heavy atom. The molecule has 0 aliphatic heterocycles. The van der Waals surface area contributed by atoms with E-state index >= 15 is 0 Å². The van der Waals surface area contributed by atoms with Crippen molar-refractivity contribution < 1.29 is 9.18 Å². The molecule has 0 radical (unpaired) electrons. The quantitative estimate of drug-likeness (QED) is 0.845. The first-order chi connectivity index (χ1) is 8.08. The molecule has 0 unspecified atom stereocenters. The normalized spacial score (nSPS) is 10.2. The van der Waals surface area contributed by atoms with Crippen molar-refractivity contribution in [2.24, 2.45) is 5.73 Å². The maximum atomic E-state index is 13.7. The molecule has 0 aliphatic carbocycles. The first-order valence-corrected chi connectivity index (χ1v) is 5.24. The fourth-order valence-corrected chi connectivity index (χ4v) is 1.67. The second-order valence-electron chi connectivity index (χ2n) is 3.92. The zero-order valence-corrected chi connectivity index (χ0v) is 9.41. The number of rotatable bonds is 2. The van der Waals surface area contributed by atoms with Crippen LogP contribution in [0.5, 0.6) is 0 Å². The summed E-state index contributed by atoms with van der Waals surface area (Å²) in [6, 6.07) is 11.6. The van der Waals surface area contributed by atoms with Crippen LogP contribution in [-0.2, 0) is 0 Å². The van der Waals surface area contributed by atoms with E-state index in [0.717, 1.165) is 11.1 Å². The highest BCUT2D eigenvalue weighted by molar-refractivity contribution is 5.93. The zero-order valence-electron chi connectivity index (χ0n) is 9.41. The molecule has 17 heavy (non-hydrogen) atoms. The van der Waals surface area contributed by atoms with Crippen LogP contribution in [0.25, 0.3) is 11.1 Å². The Labute approximate surface area is 98.9 Å². The summed E-state index contributed by atoms with van der Waals surface area (Å²) < 4.78 is 13.7. The van der Waals surface area contributed by atoms with Crippen molar-refractivity contribution in [1.82, 2.24) is 0 Å². The largest absolute Gasteiger partial charge is 0.366 e. The molecule has 0 bridgehead atoms. The van der Waals surface area contributed by atoms with Crippen LogP contribution in [0.1, 0.15) is 15.9 Å². The van der Waals surface area contributed by atoms with Crippen LogP contribution in [0.2, 0.25) is 0 Å². The lowest BCUT2D eigenvalue weighted by Gasteiger charge is -2.05. The van der Waals surface area contributed by atoms with Crippen molar-refractivity contribution in [3.05, 3.63) is 59.4 Å². The van der Waals surface area contributed by atoms with E-state index in [9.17, 15) is 9.18 Å². The number of aryl methyl sites for hydroxylation is 1. The second kappa shape index (κ2) is 4.37. The van der Waals surface area contributed by atoms with Gasteiger partial charge in [0, 0.05) is 11.1 Å². The number of carbonyl (C=O) groups is 1. The molecular weight excluding hydrogens is 217 g/mol. The Morgan fingerprint density at radius 3 is 2.29 bits per heavy atom. The van der Waals surface area contributed by atoms with Crippen molar-refractivity contribution in [3.63, 3.8) is 0 Å². The van der Waals surface area contributed by atoms with Crippen LogP contribution in [0.15, 0.2) is 42.5 Å². The van der Waals surface area contributed by atoms with Gasteiger partial charge in [0.1, 0.15) is 5.82 Å². The minimum Gasteiger partial charge on any atom is -0.366 e. The molecule has 0 spiro atoms. The van der Waals surface area contributed by atoms with E-state index in [1.54, 1.807) is 30.3 Å². The summed E-state index contributed by atoms with van der Waals surface area (Å²) in [7, 11) is 0. The summed E-state index contributed by atoms with van der Waals surface area (Å²) in [5, 5.41) is 0. The molecule has 1 amide bonds. The van der Waals surface area contributed by atoms with E-state index in [2.05, 4.69) is 0 Å². The molecule has 0 heterocycles. The summed E-state index contributed by atoms with van der Waals surface area (Å²) >= 11 is 0. The van der Waals surface area contributed by atoms with E-state index in [0.29, 0.717) is 11.1 Å². The molecule has 0 fully saturated rings. The van der Waals surface area contributed by atoms with Crippen LogP contribution in [0.4, 0.5) is 4.39 Å². The lowest BCUT2D eigenvalue weighted by Crippen LogP contribution is -2.10. The van der Waals surface area contributed by atoms with Gasteiger partial charge in [-0.2, -0.15) is 0 Å². The third kappa shape index (κ3) is 2.33. The average molecular weight is 229 g/mol. The van der Waals surface area contributed by atoms with Crippen molar-refractivity contribution in [3.8, 4) is 11.1 Å². The summed E-state index contributed by atoms with van der Waals surface area (Å²) in [6.45, 7) is 1.84. The first-order valence-electron chi connectivity index (χ1n) is 5.24. The van der Waals surface area contributed by atoms with Crippen molar-refractivity contribution in [2.45, 2.75) is 6.92 Å². The van der Waals surface area contributed by atoms with E-state index < -0.39 is 5.91 Å². The Morgan fingerprint density at radius 1 is 1.12 bits per heavy atom. The number of amides is 1. The van der Waals surface area contributed by atoms with Gasteiger partial charge in [0.25, 0.3) is 0 Å². The highest BCUT2D eigenvalue weighted by atomic mass is 19.1. The molecule has 0 saturated carbocycles. The van der Waals surface area contributed by atoms with Crippen LogP contribution < -0.4 is 5.73 Å². The molecule has 2 rings (SSSR count). The number of benzene rings is 2. The Balaban J connectivity index is 2.43. The molecule has 0 aliphatic rings. The Hall–Kier alpha value is -2.16. The van der Waals surface area contributed by atoms with Gasteiger partial charge in [-0.15, -0.1) is 0 Å². The smallest absolute Gasteiger partial charge is 0.248 e. The van der Waals surface area contributed by atoms with Crippen LogP contribution >= 0.6 is 0 Å². The molecule has 2 aromatic rings. The monoisotopic (exact) mass is 229 g/mol. The summed E-state index contributed by atoms with van der Waals surface area (Å²) in [5.74, 6) is -0.752. The predicted molar refractivity (Wildman–Crippen MR) is 65.1 cm³/mol. The highest BCUT2D eigenvalue weighted by Crippen LogP contribution is 2.23. The van der Waals surface area contributed by atoms with Crippen molar-refractivity contribution >= 4 is 5.91 Å². The number of nitrogens with two attached hydrogens (primary N) is 1. The van der Waals surface area contributed by atoms with Gasteiger partial charge in [-0.3, -0.25) is 4.79 Å². The summed E-state index contributed by atoms with van der Waals surface area (Å²) in [4.78, 5) is 10.9. The van der Waals surface area contributed by atoms with Crippen LogP contribution in [-0.4, -0.2) is 5.91 Å². The predicted octanol–water partition coefficient (Wildman–Crippen LogP) is 2.90. The Bertz CT molecular complexity index is 561. The maximum Gasteiger partial charge on any atom is 0.248 e. The maximum absolute atomic E-state index is 13.7. The van der Waals surface area contributed by atoms with E-state index in [4.69, 9.17) is 5.73 Å². The molecular formula is C14H12FNO. The summed E-state index contributed by atoms with van der Waals surface area (Å²) in [6.07, 6.45) is 0. The zero-order chi connectivity index (χ0) is 12.4. The van der Waals surface area contributed by atoms with E-state index in [1.165, 1.54) is 6.07 Å². The minimum absolute atomic E-state index is 0.267. The van der Waals surface area contributed by atoms with Gasteiger partial charge in [0.15, 0.2) is 0 Å². The molecule has 3 heteroatoms. The summed E-state index contributed by atoms with van der Waals surface area (Å²) in [5.41, 5.74) is 7.68. The molecule has 2 aromatic carbocycles. The molecule has 2 N–H and O–H groups in total. The van der Waals surface area contributed by atoms with Gasteiger partial charge < -0.3 is 5.73 Å². The van der Waals surface area contributed by atoms with Crippen LogP contribution in [0, 0.1) is 12.7 Å². The van der Waals surface area contributed by atoms with Crippen LogP contribution in [0.3, 0.4) is 0 Å². The average Bonchev–Trinajstić information content (AvgIpc) is 2.29. The molecule has 0 aromatic heterocycles. The van der Waals surface area contributed by atoms with Gasteiger partial charge in [-0.1, -0.05) is 24.3 Å². The number of halogens is 1. The SMILES string of the molecule is Cc1ccc(-c2ccc(C(N)=O)cc2)c(F)c1. The Kier molecular flexibility index (Phi) is 2.91. The number of hydrogen-bond acceptors (Lipinski definition) is 1. The van der Waals surface area contributed by atoms with Gasteiger partial charge in [-0.25, -0.2) is 4.39 Å². The minimum atomic E-state index is -0.485. The molecule has 0 saturated heterocycles. The lowest BCUT2D eigenvalue weighted by atomic mass is 10.0. The van der Waals surface area contributed by atoms with Gasteiger partial charge in [0.2, 0.25) is 5.91 Å². The number of primary amides is 1.